The number of aliphatic hydroxyl groups excluding tert-OH is 1. The largest absolute Gasteiger partial charge is 0.495 e. The van der Waals surface area contributed by atoms with Crippen molar-refractivity contribution in [3.8, 4) is 22.8 Å². The van der Waals surface area contributed by atoms with E-state index in [2.05, 4.69) is 40.5 Å². The van der Waals surface area contributed by atoms with Gasteiger partial charge in [-0.1, -0.05) is 29.3 Å². The number of methoxy groups -OCH3 is 2. The van der Waals surface area contributed by atoms with Gasteiger partial charge in [0.05, 0.1) is 31.2 Å². The zero-order valence-corrected chi connectivity index (χ0v) is 24.9. The predicted molar refractivity (Wildman–Crippen MR) is 162 cm³/mol. The molecular weight excluding hydrogens is 597 g/mol. The van der Waals surface area contributed by atoms with E-state index >= 15 is 0 Å². The first-order valence-corrected chi connectivity index (χ1v) is 14.0. The summed E-state index contributed by atoms with van der Waals surface area (Å²) >= 11 is 13.1. The smallest absolute Gasteiger partial charge is 0.248 e. The molecule has 1 amide bonds. The number of pyridine rings is 1. The Morgan fingerprint density at radius 2 is 1.65 bits per heavy atom. The van der Waals surface area contributed by atoms with Gasteiger partial charge in [-0.3, -0.25) is 9.69 Å². The van der Waals surface area contributed by atoms with Crippen molar-refractivity contribution in [3.63, 3.8) is 0 Å². The highest BCUT2D eigenvalue weighted by Crippen LogP contribution is 2.45. The number of nitrogens with one attached hydrogen (secondary N) is 2. The van der Waals surface area contributed by atoms with Gasteiger partial charge in [0, 0.05) is 57.3 Å². The second-order valence-electron chi connectivity index (χ2n) is 9.47. The number of benzene rings is 1. The van der Waals surface area contributed by atoms with Crippen LogP contribution in [-0.4, -0.2) is 92.7 Å². The molecule has 13 nitrogen and oxygen atoms in total. The summed E-state index contributed by atoms with van der Waals surface area (Å²) in [6.45, 7) is 2.92. The average molecular weight is 627 g/mol. The number of amides is 1. The molecule has 4 heterocycles. The van der Waals surface area contributed by atoms with Crippen LogP contribution in [0.4, 0.5) is 23.1 Å². The SMILES string of the molecule is COc1cc(OC)c(Cl)c(Nc2ncncc2-c2cc(Nc3ccc(CN4CCN(C(=O)CO)CC4)cn3)ncn2)c1Cl. The van der Waals surface area contributed by atoms with Crippen LogP contribution in [0.2, 0.25) is 10.0 Å². The molecule has 224 valence electrons. The molecule has 0 atom stereocenters. The van der Waals surface area contributed by atoms with Gasteiger partial charge in [0.15, 0.2) is 0 Å². The van der Waals surface area contributed by atoms with Gasteiger partial charge in [0.1, 0.15) is 58.3 Å². The Bertz CT molecular complexity index is 1560. The van der Waals surface area contributed by atoms with Crippen molar-refractivity contribution in [2.45, 2.75) is 6.54 Å². The molecule has 5 rings (SSSR count). The van der Waals surface area contributed by atoms with E-state index in [0.29, 0.717) is 65.5 Å². The fourth-order valence-electron chi connectivity index (χ4n) is 4.54. The van der Waals surface area contributed by atoms with E-state index in [1.54, 1.807) is 29.4 Å². The molecule has 0 saturated carbocycles. The number of carbonyl (C=O) groups is 1. The average Bonchev–Trinajstić information content (AvgIpc) is 3.04. The third-order valence-electron chi connectivity index (χ3n) is 6.82. The standard InChI is InChI=1S/C28H29Cl2N9O4/c1-42-20-10-21(43-2)26(30)27(25(20)29)37-28-18(12-31-15-35-28)19-9-23(34-16-33-19)36-22-4-3-17(11-32-22)13-38-5-7-39(8-6-38)24(41)14-40/h3-4,9-12,15-16,40H,5-8,13-14H2,1-2H3,(H,31,35,37)(H,32,33,34,36). The number of anilines is 4. The summed E-state index contributed by atoms with van der Waals surface area (Å²) in [5, 5.41) is 16.0. The number of aromatic nitrogens is 5. The van der Waals surface area contributed by atoms with Crippen LogP contribution in [0.25, 0.3) is 11.3 Å². The molecule has 4 aromatic rings. The molecule has 0 radical (unpaired) electrons. The summed E-state index contributed by atoms with van der Waals surface area (Å²) < 4.78 is 10.7. The third kappa shape index (κ3) is 7.03. The van der Waals surface area contributed by atoms with E-state index in [1.165, 1.54) is 26.9 Å². The van der Waals surface area contributed by atoms with Gasteiger partial charge in [-0.25, -0.2) is 24.9 Å². The Kier molecular flexibility index (Phi) is 9.67. The summed E-state index contributed by atoms with van der Waals surface area (Å²) in [6, 6.07) is 7.22. The maximum Gasteiger partial charge on any atom is 0.248 e. The van der Waals surface area contributed by atoms with Crippen LogP contribution < -0.4 is 20.1 Å². The van der Waals surface area contributed by atoms with Crippen molar-refractivity contribution in [1.82, 2.24) is 34.7 Å². The fraction of sp³-hybridized carbons (Fsp3) is 0.286. The predicted octanol–water partition coefficient (Wildman–Crippen LogP) is 3.78. The zero-order valence-electron chi connectivity index (χ0n) is 23.4. The van der Waals surface area contributed by atoms with Crippen LogP contribution in [-0.2, 0) is 11.3 Å². The fourth-order valence-corrected chi connectivity index (χ4v) is 5.14. The van der Waals surface area contributed by atoms with Gasteiger partial charge >= 0.3 is 0 Å². The maximum absolute atomic E-state index is 11.7. The minimum Gasteiger partial charge on any atom is -0.495 e. The number of carbonyl (C=O) groups excluding carboxylic acids is 1. The van der Waals surface area contributed by atoms with Crippen LogP contribution in [0.3, 0.4) is 0 Å². The second-order valence-corrected chi connectivity index (χ2v) is 10.2. The highest BCUT2D eigenvalue weighted by molar-refractivity contribution is 6.41. The topological polar surface area (TPSA) is 151 Å². The lowest BCUT2D eigenvalue weighted by molar-refractivity contribution is -0.136. The number of hydrogen-bond acceptors (Lipinski definition) is 12. The van der Waals surface area contributed by atoms with Gasteiger partial charge in [0.2, 0.25) is 5.91 Å². The number of halogens is 2. The molecule has 43 heavy (non-hydrogen) atoms. The lowest BCUT2D eigenvalue weighted by atomic mass is 10.2. The Morgan fingerprint density at radius 3 is 2.30 bits per heavy atom. The van der Waals surface area contributed by atoms with Crippen LogP contribution >= 0.6 is 23.2 Å². The molecule has 1 aliphatic heterocycles. The Balaban J connectivity index is 1.29. The molecular formula is C28H29Cl2N9O4. The monoisotopic (exact) mass is 625 g/mol. The summed E-state index contributed by atoms with van der Waals surface area (Å²) in [7, 11) is 3.00. The number of ether oxygens (including phenoxy) is 2. The van der Waals surface area contributed by atoms with Crippen molar-refractivity contribution in [1.29, 1.82) is 0 Å². The van der Waals surface area contributed by atoms with Crippen LogP contribution in [0.5, 0.6) is 11.5 Å². The first-order chi connectivity index (χ1) is 20.9. The molecule has 1 fully saturated rings. The Hall–Kier alpha value is -4.30. The molecule has 1 saturated heterocycles. The number of nitrogens with zero attached hydrogens (tertiary/aromatic N) is 7. The quantitative estimate of drug-likeness (QED) is 0.235. The van der Waals surface area contributed by atoms with Crippen LogP contribution in [0, 0.1) is 0 Å². The molecule has 15 heteroatoms. The highest BCUT2D eigenvalue weighted by atomic mass is 35.5. The Morgan fingerprint density at radius 1 is 0.907 bits per heavy atom. The van der Waals surface area contributed by atoms with Gasteiger partial charge in [-0.05, 0) is 11.6 Å². The molecule has 0 unspecified atom stereocenters. The molecule has 0 bridgehead atoms. The maximum atomic E-state index is 11.7. The number of rotatable bonds is 10. The minimum atomic E-state index is -0.452. The van der Waals surface area contributed by atoms with E-state index in [9.17, 15) is 4.79 Å². The van der Waals surface area contributed by atoms with E-state index in [0.717, 1.165) is 18.7 Å². The number of hydrogen-bond donors (Lipinski definition) is 3. The van der Waals surface area contributed by atoms with E-state index in [1.807, 2.05) is 12.1 Å². The van der Waals surface area contributed by atoms with Crippen molar-refractivity contribution in [2.75, 3.05) is 57.6 Å². The van der Waals surface area contributed by atoms with Gasteiger partial charge < -0.3 is 30.1 Å². The summed E-state index contributed by atoms with van der Waals surface area (Å²) in [5.74, 6) is 2.06. The van der Waals surface area contributed by atoms with E-state index in [4.69, 9.17) is 37.8 Å². The number of piperazine rings is 1. The highest BCUT2D eigenvalue weighted by Gasteiger charge is 2.21. The minimum absolute atomic E-state index is 0.233. The first kappa shape index (κ1) is 30.2. The van der Waals surface area contributed by atoms with Gasteiger partial charge in [0.25, 0.3) is 0 Å². The van der Waals surface area contributed by atoms with Gasteiger partial charge in [-0.2, -0.15) is 0 Å². The summed E-state index contributed by atoms with van der Waals surface area (Å²) in [5.41, 5.74) is 2.51. The van der Waals surface area contributed by atoms with E-state index in [-0.39, 0.29) is 16.0 Å². The summed E-state index contributed by atoms with van der Waals surface area (Å²) in [6.07, 6.45) is 6.25. The lowest BCUT2D eigenvalue weighted by Crippen LogP contribution is -2.49. The third-order valence-corrected chi connectivity index (χ3v) is 7.57. The van der Waals surface area contributed by atoms with Crippen molar-refractivity contribution in [3.05, 3.63) is 64.9 Å². The normalized spacial score (nSPS) is 13.5. The summed E-state index contributed by atoms with van der Waals surface area (Å²) in [4.78, 5) is 37.5. The van der Waals surface area contributed by atoms with E-state index < -0.39 is 6.61 Å². The molecule has 3 aromatic heterocycles. The molecule has 1 aromatic carbocycles. The van der Waals surface area contributed by atoms with Crippen molar-refractivity contribution in [2.24, 2.45) is 0 Å². The van der Waals surface area contributed by atoms with Crippen molar-refractivity contribution >= 4 is 52.3 Å². The molecule has 0 spiro atoms. The number of aliphatic hydroxyl groups is 1. The lowest BCUT2D eigenvalue weighted by Gasteiger charge is -2.34. The first-order valence-electron chi connectivity index (χ1n) is 13.2. The zero-order chi connectivity index (χ0) is 30.3. The molecule has 3 N–H and O–H groups in total. The van der Waals surface area contributed by atoms with Crippen LogP contribution in [0.1, 0.15) is 5.56 Å². The molecule has 1 aliphatic rings. The Labute approximate surface area is 257 Å². The van der Waals surface area contributed by atoms with Crippen molar-refractivity contribution < 1.29 is 19.4 Å². The van der Waals surface area contributed by atoms with Crippen LogP contribution in [0.15, 0.2) is 49.3 Å². The second kappa shape index (κ2) is 13.8. The molecule has 0 aliphatic carbocycles. The van der Waals surface area contributed by atoms with Gasteiger partial charge in [-0.15, -0.1) is 0 Å².